The van der Waals surface area contributed by atoms with Crippen LogP contribution in [0.2, 0.25) is 0 Å². The van der Waals surface area contributed by atoms with Gasteiger partial charge in [0.25, 0.3) is 0 Å². The zero-order valence-electron chi connectivity index (χ0n) is 37.3. The Hall–Kier alpha value is -7.20. The first-order chi connectivity index (χ1) is 31.3. The third kappa shape index (κ3) is 7.26. The second-order valence-corrected chi connectivity index (χ2v) is 18.0. The van der Waals surface area contributed by atoms with Crippen LogP contribution in [0, 0.1) is 13.8 Å². The second-order valence-electron chi connectivity index (χ2n) is 16.9. The van der Waals surface area contributed by atoms with E-state index in [1.165, 1.54) is 103 Å². The molecule has 6 aromatic carbocycles. The molecule has 0 saturated heterocycles. The first kappa shape index (κ1) is 40.8. The van der Waals surface area contributed by atoms with Crippen LogP contribution in [-0.4, -0.2) is 10.4 Å². The van der Waals surface area contributed by atoms with Crippen molar-refractivity contribution >= 4 is 86.9 Å². The number of benzene rings is 6. The molecule has 9 aromatic rings. The molecule has 0 fully saturated rings. The van der Waals surface area contributed by atoms with Crippen molar-refractivity contribution in [3.63, 3.8) is 0 Å². The molecule has 1 unspecified atom stereocenters. The van der Waals surface area contributed by atoms with Crippen molar-refractivity contribution in [2.24, 2.45) is 0 Å². The Labute approximate surface area is 380 Å². The molecule has 3 aromatic heterocycles. The fourth-order valence-electron chi connectivity index (χ4n) is 9.68. The molecular weight excluding hydrogens is 793 g/mol. The normalized spacial score (nSPS) is 13.9. The molecule has 0 spiro atoms. The highest BCUT2D eigenvalue weighted by Crippen LogP contribution is 2.44. The number of hydrogen-bond donors (Lipinski definition) is 0. The summed E-state index contributed by atoms with van der Waals surface area (Å²) >= 11 is 1.88. The molecule has 2 bridgehead atoms. The van der Waals surface area contributed by atoms with E-state index in [0.717, 1.165) is 17.7 Å². The van der Waals surface area contributed by atoms with E-state index in [4.69, 9.17) is 0 Å². The molecular formula is C61H52N2S. The van der Waals surface area contributed by atoms with Gasteiger partial charge in [-0.05, 0) is 145 Å². The van der Waals surface area contributed by atoms with E-state index in [2.05, 4.69) is 232 Å². The molecule has 10 rings (SSSR count). The number of aryl methyl sites for hydroxylation is 2. The van der Waals surface area contributed by atoms with Crippen molar-refractivity contribution in [1.29, 1.82) is 0 Å². The minimum Gasteiger partial charge on any atom is -0.334 e. The van der Waals surface area contributed by atoms with Gasteiger partial charge in [-0.2, -0.15) is 0 Å². The van der Waals surface area contributed by atoms with Gasteiger partial charge in [-0.3, -0.25) is 0 Å². The third-order valence-electron chi connectivity index (χ3n) is 13.0. The lowest BCUT2D eigenvalue weighted by Gasteiger charge is -2.30. The molecule has 3 heterocycles. The number of anilines is 2. The van der Waals surface area contributed by atoms with Gasteiger partial charge in [0.15, 0.2) is 0 Å². The minimum atomic E-state index is 0.105. The van der Waals surface area contributed by atoms with E-state index in [1.54, 1.807) is 0 Å². The molecule has 1 aliphatic rings. The van der Waals surface area contributed by atoms with Crippen molar-refractivity contribution in [2.45, 2.75) is 47.1 Å². The van der Waals surface area contributed by atoms with Crippen LogP contribution >= 0.6 is 11.3 Å². The highest BCUT2D eigenvalue weighted by Gasteiger charge is 2.21. The Morgan fingerprint density at radius 2 is 1.47 bits per heavy atom. The van der Waals surface area contributed by atoms with Crippen LogP contribution in [-0.2, 0) is 6.42 Å². The van der Waals surface area contributed by atoms with Crippen molar-refractivity contribution in [2.75, 3.05) is 4.90 Å². The van der Waals surface area contributed by atoms with Gasteiger partial charge >= 0.3 is 0 Å². The van der Waals surface area contributed by atoms with Crippen LogP contribution in [0.15, 0.2) is 206 Å². The van der Waals surface area contributed by atoms with Gasteiger partial charge in [-0.25, -0.2) is 0 Å². The van der Waals surface area contributed by atoms with Gasteiger partial charge in [-0.15, -0.1) is 11.3 Å². The van der Waals surface area contributed by atoms with Crippen molar-refractivity contribution in [3.8, 4) is 11.1 Å². The molecule has 3 heteroatoms. The van der Waals surface area contributed by atoms with Gasteiger partial charge in [-0.1, -0.05) is 146 Å². The zero-order valence-corrected chi connectivity index (χ0v) is 38.1. The van der Waals surface area contributed by atoms with Gasteiger partial charge in [0.2, 0.25) is 0 Å². The standard InChI is InChI=1S/C61H52N2S/c1-7-10-12-19-41(5)62(57-26-17-25-54-53-23-13-14-27-60(53)64-61(54)57)51-22-16-21-45(35-51)46-32-33-48-37-56-52-24-15-18-40(4)55-36-47-30-28-44(43(9-3)20-11-8-2)29-31-49(47)38-58(55)63(42(52)6)59(56)39-50(48)34-46/h7-30,32-39,41H,3,31H2,1-2,4-6H3/b10-7-,11-8-,19-12-,24-15?,40-18?,43-20+. The van der Waals surface area contributed by atoms with Crippen molar-refractivity contribution < 1.29 is 0 Å². The SMILES string of the molecule is C=C/C(=C\C=C/C)C1=CCc2cc3c(cc2C=C1)c(C)cccc1c(C)n3c2cc3cc(-c4cccc(N(c5cccc6c5sc5ccccc56)C(C)/C=C\C=C/C)c4)ccc3cc12. The average molecular weight is 845 g/mol. The summed E-state index contributed by atoms with van der Waals surface area (Å²) in [7, 11) is 0. The van der Waals surface area contributed by atoms with Gasteiger partial charge in [0.05, 0.1) is 21.4 Å². The lowest BCUT2D eigenvalue weighted by molar-refractivity contribution is 0.868. The Morgan fingerprint density at radius 1 is 0.688 bits per heavy atom. The maximum Gasteiger partial charge on any atom is 0.0597 e. The fourth-order valence-corrected chi connectivity index (χ4v) is 10.9. The van der Waals surface area contributed by atoms with Gasteiger partial charge in [0, 0.05) is 49.1 Å². The first-order valence-electron chi connectivity index (χ1n) is 22.4. The largest absolute Gasteiger partial charge is 0.334 e. The van der Waals surface area contributed by atoms with E-state index in [0.29, 0.717) is 0 Å². The summed E-state index contributed by atoms with van der Waals surface area (Å²) in [5.41, 5.74) is 14.6. The van der Waals surface area contributed by atoms with E-state index in [9.17, 15) is 0 Å². The number of rotatable bonds is 9. The first-order valence-corrected chi connectivity index (χ1v) is 23.2. The Morgan fingerprint density at radius 3 is 2.33 bits per heavy atom. The zero-order chi connectivity index (χ0) is 43.9. The Balaban J connectivity index is 1.12. The maximum atomic E-state index is 4.12. The molecule has 0 N–H and O–H groups in total. The summed E-state index contributed by atoms with van der Waals surface area (Å²) in [6.07, 6.45) is 24.6. The quantitative estimate of drug-likeness (QED) is 0.131. The third-order valence-corrected chi connectivity index (χ3v) is 14.2. The van der Waals surface area contributed by atoms with Crippen LogP contribution in [0.4, 0.5) is 11.4 Å². The maximum absolute atomic E-state index is 4.12. The van der Waals surface area contributed by atoms with Crippen LogP contribution < -0.4 is 4.90 Å². The van der Waals surface area contributed by atoms with E-state index < -0.39 is 0 Å². The molecule has 0 saturated carbocycles. The van der Waals surface area contributed by atoms with Crippen molar-refractivity contribution in [3.05, 3.63) is 228 Å². The fraction of sp³-hybridized carbons (Fsp3) is 0.115. The molecule has 64 heavy (non-hydrogen) atoms. The summed E-state index contributed by atoms with van der Waals surface area (Å²) in [5, 5.41) is 8.84. The Kier molecular flexibility index (Phi) is 11.0. The highest BCUT2D eigenvalue weighted by atomic mass is 32.1. The smallest absolute Gasteiger partial charge is 0.0597 e. The monoisotopic (exact) mass is 844 g/mol. The van der Waals surface area contributed by atoms with Crippen molar-refractivity contribution in [1.82, 2.24) is 4.40 Å². The minimum absolute atomic E-state index is 0.105. The van der Waals surface area contributed by atoms with Crippen LogP contribution in [0.3, 0.4) is 0 Å². The Bertz CT molecular complexity index is 3560. The summed E-state index contributed by atoms with van der Waals surface area (Å²) in [5.74, 6) is 0. The summed E-state index contributed by atoms with van der Waals surface area (Å²) in [6, 6.07) is 48.1. The number of nitrogens with zero attached hydrogens (tertiary/aromatic N) is 2. The predicted octanol–water partition coefficient (Wildman–Crippen LogP) is 17.5. The number of hydrogen-bond acceptors (Lipinski definition) is 2. The summed E-state index contributed by atoms with van der Waals surface area (Å²) in [4.78, 5) is 2.50. The van der Waals surface area contributed by atoms with Crippen LogP contribution in [0.25, 0.3) is 75.3 Å². The van der Waals surface area contributed by atoms with E-state index >= 15 is 0 Å². The molecule has 312 valence electrons. The molecule has 2 nitrogen and oxygen atoms in total. The molecule has 1 atom stereocenters. The van der Waals surface area contributed by atoms with Gasteiger partial charge < -0.3 is 9.30 Å². The predicted molar refractivity (Wildman–Crippen MR) is 282 cm³/mol. The molecule has 0 amide bonds. The number of aromatic nitrogens is 1. The lowest BCUT2D eigenvalue weighted by atomic mass is 9.98. The second kappa shape index (κ2) is 17.2. The average Bonchev–Trinajstić information content (AvgIpc) is 3.75. The van der Waals surface area contributed by atoms with Gasteiger partial charge in [0.1, 0.15) is 0 Å². The number of fused-ring (bicyclic) bond motifs is 12. The summed E-state index contributed by atoms with van der Waals surface area (Å²) in [6.45, 7) is 15.0. The highest BCUT2D eigenvalue weighted by molar-refractivity contribution is 7.26. The van der Waals surface area contributed by atoms with Crippen LogP contribution in [0.1, 0.15) is 43.2 Å². The topological polar surface area (TPSA) is 7.65 Å². The number of allylic oxidation sites excluding steroid dienone is 11. The molecule has 0 radical (unpaired) electrons. The van der Waals surface area contributed by atoms with E-state index in [-0.39, 0.29) is 6.04 Å². The number of thiophene rings is 1. The van der Waals surface area contributed by atoms with Crippen LogP contribution in [0.5, 0.6) is 0 Å². The molecule has 0 aliphatic heterocycles. The van der Waals surface area contributed by atoms with E-state index in [1.807, 2.05) is 24.3 Å². The lowest BCUT2D eigenvalue weighted by Crippen LogP contribution is -2.26. The molecule has 1 aliphatic carbocycles. The summed E-state index contributed by atoms with van der Waals surface area (Å²) < 4.78 is 5.13.